The molecule has 0 fully saturated rings. The minimum Gasteiger partial charge on any atom is -0.250 e. The monoisotopic (exact) mass is 226 g/mol. The zero-order valence-electron chi connectivity index (χ0n) is 9.96. The smallest absolute Gasteiger partial charge is 0.161 e. The van der Waals surface area contributed by atoms with E-state index >= 15 is 0 Å². The van der Waals surface area contributed by atoms with Crippen molar-refractivity contribution in [2.24, 2.45) is 7.05 Å². The number of aromatic nitrogens is 4. The van der Waals surface area contributed by atoms with E-state index in [1.54, 1.807) is 17.0 Å². The maximum Gasteiger partial charge on any atom is 0.161 e. The fourth-order valence-corrected chi connectivity index (χ4v) is 1.73. The van der Waals surface area contributed by atoms with Gasteiger partial charge in [0.2, 0.25) is 0 Å². The third-order valence-electron chi connectivity index (χ3n) is 2.42. The van der Waals surface area contributed by atoms with Crippen molar-refractivity contribution >= 4 is 16.6 Å². The van der Waals surface area contributed by atoms with Crippen LogP contribution in [0.1, 0.15) is 12.6 Å². The second-order valence-corrected chi connectivity index (χ2v) is 3.59. The zero-order chi connectivity index (χ0) is 12.3. The van der Waals surface area contributed by atoms with E-state index < -0.39 is 0 Å². The Kier molecular flexibility index (Phi) is 3.14. The van der Waals surface area contributed by atoms with Crippen LogP contribution in [0.5, 0.6) is 0 Å². The van der Waals surface area contributed by atoms with Gasteiger partial charge in [-0.05, 0) is 6.92 Å². The number of hydrogen-bond acceptors (Lipinski definition) is 3. The van der Waals surface area contributed by atoms with Crippen LogP contribution < -0.4 is 0 Å². The highest BCUT2D eigenvalue weighted by Crippen LogP contribution is 2.22. The van der Waals surface area contributed by atoms with Gasteiger partial charge in [-0.3, -0.25) is 0 Å². The Morgan fingerprint density at radius 3 is 3.00 bits per heavy atom. The molecule has 2 rings (SSSR count). The summed E-state index contributed by atoms with van der Waals surface area (Å²) in [5.74, 6) is 0. The summed E-state index contributed by atoms with van der Waals surface area (Å²) in [5.41, 5.74) is 2.71. The molecule has 0 bridgehead atoms. The van der Waals surface area contributed by atoms with Crippen LogP contribution in [-0.4, -0.2) is 19.7 Å². The highest BCUT2D eigenvalue weighted by Gasteiger charge is 2.11. The molecule has 0 amide bonds. The van der Waals surface area contributed by atoms with Gasteiger partial charge in [0.05, 0.1) is 5.39 Å². The van der Waals surface area contributed by atoms with Crippen LogP contribution in [0.15, 0.2) is 43.4 Å². The number of allylic oxidation sites excluding steroid dienone is 5. The van der Waals surface area contributed by atoms with Gasteiger partial charge < -0.3 is 0 Å². The van der Waals surface area contributed by atoms with Gasteiger partial charge in [0.15, 0.2) is 5.65 Å². The quantitative estimate of drug-likeness (QED) is 0.755. The van der Waals surface area contributed by atoms with Crippen molar-refractivity contribution in [2.45, 2.75) is 6.92 Å². The molecule has 17 heavy (non-hydrogen) atoms. The van der Waals surface area contributed by atoms with Gasteiger partial charge in [-0.25, -0.2) is 14.6 Å². The average molecular weight is 226 g/mol. The Balaban J connectivity index is 2.70. The fourth-order valence-electron chi connectivity index (χ4n) is 1.73. The summed E-state index contributed by atoms with van der Waals surface area (Å²) in [6, 6.07) is 0. The molecule has 0 radical (unpaired) electrons. The van der Waals surface area contributed by atoms with Crippen LogP contribution in [0.2, 0.25) is 0 Å². The molecule has 4 heteroatoms. The number of hydrogen-bond donors (Lipinski definition) is 0. The first-order valence-corrected chi connectivity index (χ1v) is 5.36. The molecule has 4 nitrogen and oxygen atoms in total. The molecular weight excluding hydrogens is 212 g/mol. The molecular formula is C13H14N4. The number of aryl methyl sites for hydroxylation is 1. The summed E-state index contributed by atoms with van der Waals surface area (Å²) in [7, 11) is 1.88. The van der Waals surface area contributed by atoms with Crippen LogP contribution in [0, 0.1) is 0 Å². The maximum atomic E-state index is 4.47. The maximum absolute atomic E-state index is 4.47. The van der Waals surface area contributed by atoms with Gasteiger partial charge >= 0.3 is 0 Å². The van der Waals surface area contributed by atoms with Gasteiger partial charge in [-0.15, -0.1) is 0 Å². The number of fused-ring (bicyclic) bond motifs is 1. The van der Waals surface area contributed by atoms with E-state index in [0.717, 1.165) is 22.3 Å². The Bertz CT molecular complexity index is 605. The molecule has 86 valence electrons. The van der Waals surface area contributed by atoms with Crippen molar-refractivity contribution in [1.82, 2.24) is 19.7 Å². The minimum atomic E-state index is 0.828. The summed E-state index contributed by atoms with van der Waals surface area (Å²) in [6.07, 6.45) is 11.0. The van der Waals surface area contributed by atoms with Gasteiger partial charge in [-0.2, -0.15) is 5.10 Å². The van der Waals surface area contributed by atoms with E-state index in [9.17, 15) is 0 Å². The van der Waals surface area contributed by atoms with Crippen molar-refractivity contribution in [3.63, 3.8) is 0 Å². The fraction of sp³-hybridized carbons (Fsp3) is 0.154. The lowest BCUT2D eigenvalue weighted by Gasteiger charge is -1.96. The molecule has 0 saturated heterocycles. The Labute approximate surface area is 100 Å². The molecule has 0 aromatic carbocycles. The van der Waals surface area contributed by atoms with Crippen LogP contribution in [0.3, 0.4) is 0 Å². The Morgan fingerprint density at radius 1 is 1.47 bits per heavy atom. The average Bonchev–Trinajstić information content (AvgIpc) is 2.67. The van der Waals surface area contributed by atoms with E-state index in [1.807, 2.05) is 32.2 Å². The van der Waals surface area contributed by atoms with Crippen LogP contribution in [0.4, 0.5) is 0 Å². The standard InChI is InChI=1S/C13H14N4/c1-4-6-10(7-5-2)12-11-8-14-9-15-13(11)17(3)16-12/h4-9H,1H2,2-3H3/b7-5-,10-6+. The SMILES string of the molecule is C=C/C=C(\C=C/C)c1nn(C)c2ncncc12. The van der Waals surface area contributed by atoms with Crippen LogP contribution in [-0.2, 0) is 7.05 Å². The van der Waals surface area contributed by atoms with E-state index in [4.69, 9.17) is 0 Å². The molecule has 2 aromatic heterocycles. The van der Waals surface area contributed by atoms with Crippen molar-refractivity contribution in [3.05, 3.63) is 49.1 Å². The van der Waals surface area contributed by atoms with Crippen LogP contribution in [0.25, 0.3) is 16.6 Å². The Hall–Kier alpha value is -2.23. The van der Waals surface area contributed by atoms with Crippen molar-refractivity contribution in [3.8, 4) is 0 Å². The lowest BCUT2D eigenvalue weighted by atomic mass is 10.1. The largest absolute Gasteiger partial charge is 0.250 e. The predicted octanol–water partition coefficient (Wildman–Crippen LogP) is 2.51. The summed E-state index contributed by atoms with van der Waals surface area (Å²) >= 11 is 0. The number of rotatable bonds is 3. The van der Waals surface area contributed by atoms with Crippen LogP contribution >= 0.6 is 0 Å². The molecule has 0 aliphatic carbocycles. The molecule has 2 aromatic rings. The predicted molar refractivity (Wildman–Crippen MR) is 69.3 cm³/mol. The number of nitrogens with zero attached hydrogens (tertiary/aromatic N) is 4. The molecule has 0 saturated carbocycles. The normalized spacial score (nSPS) is 12.5. The van der Waals surface area contributed by atoms with Crippen molar-refractivity contribution < 1.29 is 0 Å². The highest BCUT2D eigenvalue weighted by atomic mass is 15.3. The first kappa shape index (κ1) is 11.3. The summed E-state index contributed by atoms with van der Waals surface area (Å²) in [6.45, 7) is 5.69. The zero-order valence-corrected chi connectivity index (χ0v) is 9.96. The molecule has 0 atom stereocenters. The molecule has 0 spiro atoms. The molecule has 0 unspecified atom stereocenters. The molecule has 0 N–H and O–H groups in total. The van der Waals surface area contributed by atoms with E-state index in [1.165, 1.54) is 6.33 Å². The summed E-state index contributed by atoms with van der Waals surface area (Å²) in [5, 5.41) is 5.42. The second-order valence-electron chi connectivity index (χ2n) is 3.59. The van der Waals surface area contributed by atoms with E-state index in [-0.39, 0.29) is 0 Å². The van der Waals surface area contributed by atoms with E-state index in [2.05, 4.69) is 21.6 Å². The molecule has 2 heterocycles. The van der Waals surface area contributed by atoms with Gasteiger partial charge in [0.25, 0.3) is 0 Å². The summed E-state index contributed by atoms with van der Waals surface area (Å²) in [4.78, 5) is 8.26. The third kappa shape index (κ3) is 2.01. The topological polar surface area (TPSA) is 43.6 Å². The molecule has 0 aliphatic heterocycles. The lowest BCUT2D eigenvalue weighted by molar-refractivity contribution is 0.781. The Morgan fingerprint density at radius 2 is 2.29 bits per heavy atom. The lowest BCUT2D eigenvalue weighted by Crippen LogP contribution is -1.92. The minimum absolute atomic E-state index is 0.828. The van der Waals surface area contributed by atoms with E-state index in [0.29, 0.717) is 0 Å². The highest BCUT2D eigenvalue weighted by molar-refractivity contribution is 5.91. The van der Waals surface area contributed by atoms with Gasteiger partial charge in [0.1, 0.15) is 12.0 Å². The molecule has 0 aliphatic rings. The van der Waals surface area contributed by atoms with Crippen molar-refractivity contribution in [1.29, 1.82) is 0 Å². The second kappa shape index (κ2) is 4.74. The van der Waals surface area contributed by atoms with Gasteiger partial charge in [-0.1, -0.05) is 30.9 Å². The third-order valence-corrected chi connectivity index (χ3v) is 2.42. The van der Waals surface area contributed by atoms with Gasteiger partial charge in [0, 0.05) is 18.8 Å². The van der Waals surface area contributed by atoms with Crippen molar-refractivity contribution in [2.75, 3.05) is 0 Å². The summed E-state index contributed by atoms with van der Waals surface area (Å²) < 4.78 is 1.76. The first-order chi connectivity index (χ1) is 8.27. The first-order valence-electron chi connectivity index (χ1n) is 5.36.